The number of hydrogen-bond acceptors (Lipinski definition) is 6. The van der Waals surface area contributed by atoms with Crippen LogP contribution >= 0.6 is 0 Å². The summed E-state index contributed by atoms with van der Waals surface area (Å²) < 4.78 is 11.5. The monoisotopic (exact) mass is 650 g/mol. The molecule has 0 aromatic heterocycles. The van der Waals surface area contributed by atoms with Crippen molar-refractivity contribution in [1.82, 2.24) is 0 Å². The summed E-state index contributed by atoms with van der Waals surface area (Å²) in [5.74, 6) is -0.107. The van der Waals surface area contributed by atoms with Gasteiger partial charge in [0.2, 0.25) is 0 Å². The predicted octanol–water partition coefficient (Wildman–Crippen LogP) is 8.95. The Labute approximate surface area is 286 Å². The highest BCUT2D eigenvalue weighted by Gasteiger charge is 2.20. The fourth-order valence-corrected chi connectivity index (χ4v) is 5.47. The number of rotatable bonds is 19. The third kappa shape index (κ3) is 11.5. The second-order valence-electron chi connectivity index (χ2n) is 12.3. The molecule has 0 aliphatic heterocycles. The van der Waals surface area contributed by atoms with Gasteiger partial charge in [-0.3, -0.25) is 9.59 Å². The van der Waals surface area contributed by atoms with E-state index in [4.69, 9.17) is 9.47 Å². The Bertz CT molecular complexity index is 1390. The lowest BCUT2D eigenvalue weighted by Gasteiger charge is -2.27. The Hall–Kier alpha value is -4.66. The second kappa shape index (κ2) is 19.2. The molecule has 0 radical (unpaired) electrons. The van der Waals surface area contributed by atoms with E-state index in [-0.39, 0.29) is 37.1 Å². The lowest BCUT2D eigenvalue weighted by atomic mass is 10.2. The Morgan fingerprint density at radius 1 is 0.500 bits per heavy atom. The Morgan fingerprint density at radius 2 is 0.833 bits per heavy atom. The van der Waals surface area contributed by atoms with Crippen LogP contribution in [0, 0.1) is 0 Å². The number of nitrogens with one attached hydrogen (secondary N) is 2. The average molecular weight is 651 g/mol. The molecule has 0 heterocycles. The van der Waals surface area contributed by atoms with Gasteiger partial charge in [-0.25, -0.2) is 0 Å². The van der Waals surface area contributed by atoms with Gasteiger partial charge in [0.25, 0.3) is 11.8 Å². The molecule has 4 rings (SSSR count). The fourth-order valence-electron chi connectivity index (χ4n) is 5.47. The summed E-state index contributed by atoms with van der Waals surface area (Å²) >= 11 is 0. The molecule has 0 bridgehead atoms. The summed E-state index contributed by atoms with van der Waals surface area (Å²) in [6.45, 7) is 9.17. The average Bonchev–Trinajstić information content (AvgIpc) is 3.08. The molecule has 0 spiro atoms. The Morgan fingerprint density at radius 3 is 1.17 bits per heavy atom. The molecule has 2 N–H and O–H groups in total. The van der Waals surface area contributed by atoms with Crippen molar-refractivity contribution in [2.24, 2.45) is 0 Å². The summed E-state index contributed by atoms with van der Waals surface area (Å²) in [4.78, 5) is 29.6. The van der Waals surface area contributed by atoms with Crippen molar-refractivity contribution in [3.05, 3.63) is 109 Å². The second-order valence-corrected chi connectivity index (χ2v) is 12.3. The molecule has 0 saturated heterocycles. The number of para-hydroxylation sites is 2. The zero-order valence-electron chi connectivity index (χ0n) is 28.7. The maximum atomic E-state index is 13.0. The van der Waals surface area contributed by atoms with Crippen LogP contribution in [0.25, 0.3) is 0 Å². The van der Waals surface area contributed by atoms with Crippen LogP contribution in [0.2, 0.25) is 0 Å². The van der Waals surface area contributed by atoms with Crippen LogP contribution in [-0.4, -0.2) is 50.3 Å². The number of hydrogen-bond donors (Lipinski definition) is 2. The van der Waals surface area contributed by atoms with Crippen LogP contribution in [0.1, 0.15) is 53.4 Å². The highest BCUT2D eigenvalue weighted by molar-refractivity contribution is 5.95. The van der Waals surface area contributed by atoms with Gasteiger partial charge in [0.1, 0.15) is 13.2 Å². The first-order chi connectivity index (χ1) is 23.3. The smallest absolute Gasteiger partial charge is 0.253 e. The number of carbonyl (C=O) groups is 2. The van der Waals surface area contributed by atoms with Crippen molar-refractivity contribution >= 4 is 45.9 Å². The van der Waals surface area contributed by atoms with E-state index in [1.54, 1.807) is 9.80 Å². The van der Waals surface area contributed by atoms with E-state index in [9.17, 15) is 9.59 Å². The highest BCUT2D eigenvalue weighted by atomic mass is 16.5. The van der Waals surface area contributed by atoms with E-state index >= 15 is 0 Å². The first-order valence-electron chi connectivity index (χ1n) is 17.0. The minimum absolute atomic E-state index is 0.0105. The van der Waals surface area contributed by atoms with Crippen LogP contribution in [0.4, 0.5) is 34.1 Å². The summed E-state index contributed by atoms with van der Waals surface area (Å²) in [5, 5.41) is 6.74. The van der Waals surface area contributed by atoms with E-state index in [0.29, 0.717) is 13.2 Å². The summed E-state index contributed by atoms with van der Waals surface area (Å²) in [6.07, 6.45) is 3.67. The third-order valence-corrected chi connectivity index (χ3v) is 7.76. The molecule has 4 aromatic carbocycles. The minimum Gasteiger partial charge on any atom is -0.372 e. The number of ether oxygens (including phenoxy) is 2. The lowest BCUT2D eigenvalue weighted by molar-refractivity contribution is -0.124. The molecular weight excluding hydrogens is 600 g/mol. The van der Waals surface area contributed by atoms with Crippen LogP contribution in [0.3, 0.4) is 0 Å². The van der Waals surface area contributed by atoms with E-state index in [2.05, 4.69) is 10.6 Å². The van der Waals surface area contributed by atoms with Crippen molar-refractivity contribution in [3.63, 3.8) is 0 Å². The molecule has 8 heteroatoms. The Kier molecular flexibility index (Phi) is 14.5. The topological polar surface area (TPSA) is 83.1 Å². The van der Waals surface area contributed by atoms with Crippen molar-refractivity contribution in [2.45, 2.75) is 65.5 Å². The molecule has 0 saturated carbocycles. The third-order valence-electron chi connectivity index (χ3n) is 7.76. The highest BCUT2D eigenvalue weighted by Crippen LogP contribution is 2.24. The van der Waals surface area contributed by atoms with E-state index < -0.39 is 0 Å². The molecule has 48 heavy (non-hydrogen) atoms. The fraction of sp³-hybridized carbons (Fsp3) is 0.350. The molecule has 8 nitrogen and oxygen atoms in total. The molecule has 0 atom stereocenters. The van der Waals surface area contributed by atoms with E-state index in [0.717, 1.165) is 59.8 Å². The van der Waals surface area contributed by atoms with Crippen LogP contribution < -0.4 is 20.4 Å². The maximum absolute atomic E-state index is 13.0. The Balaban J connectivity index is 1.09. The SMILES string of the molecule is CC(C)N(C(=O)COCCCCCCOCC(=O)N(c1ccc(Nc2ccccc2)cc1)C(C)C)c1ccc(Nc2ccccc2)cc1. The van der Waals surface area contributed by atoms with Crippen molar-refractivity contribution in [3.8, 4) is 0 Å². The first kappa shape index (κ1) is 36.2. The summed E-state index contributed by atoms with van der Waals surface area (Å²) in [6, 6.07) is 35.8. The van der Waals surface area contributed by atoms with Gasteiger partial charge in [0, 0.05) is 59.4 Å². The first-order valence-corrected chi connectivity index (χ1v) is 17.0. The zero-order valence-corrected chi connectivity index (χ0v) is 28.7. The molecule has 4 aromatic rings. The van der Waals surface area contributed by atoms with Gasteiger partial charge in [-0.1, -0.05) is 49.2 Å². The number of unbranched alkanes of at least 4 members (excludes halogenated alkanes) is 3. The van der Waals surface area contributed by atoms with Gasteiger partial charge in [-0.15, -0.1) is 0 Å². The van der Waals surface area contributed by atoms with Crippen LogP contribution in [-0.2, 0) is 19.1 Å². The largest absolute Gasteiger partial charge is 0.372 e. The van der Waals surface area contributed by atoms with E-state index in [1.807, 2.05) is 137 Å². The normalized spacial score (nSPS) is 11.0. The summed E-state index contributed by atoms with van der Waals surface area (Å²) in [7, 11) is 0. The van der Waals surface area contributed by atoms with Gasteiger partial charge in [-0.05, 0) is 113 Å². The van der Waals surface area contributed by atoms with Crippen LogP contribution in [0.5, 0.6) is 0 Å². The molecule has 2 amide bonds. The molecule has 0 aliphatic rings. The predicted molar refractivity (Wildman–Crippen MR) is 198 cm³/mol. The lowest BCUT2D eigenvalue weighted by Crippen LogP contribution is -2.39. The quantitative estimate of drug-likeness (QED) is 0.0986. The number of amides is 2. The van der Waals surface area contributed by atoms with Gasteiger partial charge < -0.3 is 29.9 Å². The standard InChI is InChI=1S/C40H50N4O4/c1-31(2)43(37-23-19-35(20-24-37)41-33-15-9-7-10-16-33)39(45)29-47-27-13-5-6-14-28-48-30-40(46)44(32(3)4)38-25-21-36(22-26-38)42-34-17-11-8-12-18-34/h7-12,15-26,31-32,41-42H,5-6,13-14,27-30H2,1-4H3. The van der Waals surface area contributed by atoms with Crippen molar-refractivity contribution < 1.29 is 19.1 Å². The molecule has 254 valence electrons. The number of carbonyl (C=O) groups excluding carboxylic acids is 2. The zero-order chi connectivity index (χ0) is 34.1. The van der Waals surface area contributed by atoms with Gasteiger partial charge >= 0.3 is 0 Å². The maximum Gasteiger partial charge on any atom is 0.253 e. The molecule has 0 fully saturated rings. The number of nitrogens with zero attached hydrogens (tertiary/aromatic N) is 2. The minimum atomic E-state index is -0.0536. The molecule has 0 unspecified atom stereocenters. The summed E-state index contributed by atoms with van der Waals surface area (Å²) in [5.41, 5.74) is 5.65. The van der Waals surface area contributed by atoms with Gasteiger partial charge in [-0.2, -0.15) is 0 Å². The molecule has 0 aliphatic carbocycles. The van der Waals surface area contributed by atoms with Gasteiger partial charge in [0.05, 0.1) is 0 Å². The van der Waals surface area contributed by atoms with Crippen molar-refractivity contribution in [1.29, 1.82) is 0 Å². The van der Waals surface area contributed by atoms with Gasteiger partial charge in [0.15, 0.2) is 0 Å². The van der Waals surface area contributed by atoms with Crippen LogP contribution in [0.15, 0.2) is 109 Å². The number of anilines is 6. The van der Waals surface area contributed by atoms with Crippen molar-refractivity contribution in [2.75, 3.05) is 46.9 Å². The van der Waals surface area contributed by atoms with E-state index in [1.165, 1.54) is 0 Å². The molecular formula is C40H50N4O4. The number of benzene rings is 4.